The maximum Gasteiger partial charge on any atom is 0.347 e. The average Bonchev–Trinajstić information content (AvgIpc) is 3.55. The number of hydrogen-bond acceptors (Lipinski definition) is 7. The fourth-order valence-electron chi connectivity index (χ4n) is 3.86. The lowest BCUT2D eigenvalue weighted by Crippen LogP contribution is -2.26. The number of hydrogen-bond donors (Lipinski definition) is 1. The van der Waals surface area contributed by atoms with E-state index in [1.165, 1.54) is 6.21 Å². The van der Waals surface area contributed by atoms with E-state index in [1.807, 2.05) is 24.3 Å². The fourth-order valence-corrected chi connectivity index (χ4v) is 3.86. The van der Waals surface area contributed by atoms with Gasteiger partial charge < -0.3 is 23.2 Å². The predicted octanol–water partition coefficient (Wildman–Crippen LogP) is 5.36. The first-order valence-corrected chi connectivity index (χ1v) is 12.6. The first-order valence-electron chi connectivity index (χ1n) is 12.6. The SMILES string of the molecule is CCOC(=O)[C@H](C)Oc1ccc(/C=N/NC(=O)c2ccc(COc3ccc(-n4c(C)ccc4C)cc3)o2)cc1. The minimum atomic E-state index is -0.711. The summed E-state index contributed by atoms with van der Waals surface area (Å²) in [5, 5.41) is 3.97. The molecule has 0 aliphatic carbocycles. The van der Waals surface area contributed by atoms with Crippen LogP contribution in [-0.2, 0) is 16.1 Å². The highest BCUT2D eigenvalue weighted by Crippen LogP contribution is 2.21. The first kappa shape index (κ1) is 27.3. The van der Waals surface area contributed by atoms with Gasteiger partial charge >= 0.3 is 11.9 Å². The molecule has 2 heterocycles. The summed E-state index contributed by atoms with van der Waals surface area (Å²) in [6, 6.07) is 22.1. The molecular formula is C30H31N3O6. The molecule has 0 aliphatic rings. The summed E-state index contributed by atoms with van der Waals surface area (Å²) in [5.74, 6) is 0.937. The van der Waals surface area contributed by atoms with Crippen molar-refractivity contribution in [1.82, 2.24) is 9.99 Å². The topological polar surface area (TPSA) is 104 Å². The van der Waals surface area contributed by atoms with Crippen molar-refractivity contribution >= 4 is 18.1 Å². The predicted molar refractivity (Wildman–Crippen MR) is 147 cm³/mol. The summed E-state index contributed by atoms with van der Waals surface area (Å²) >= 11 is 0. The number of nitrogens with one attached hydrogen (secondary N) is 1. The van der Waals surface area contributed by atoms with E-state index in [-0.39, 0.29) is 12.4 Å². The molecule has 9 heteroatoms. The molecule has 0 saturated heterocycles. The van der Waals surface area contributed by atoms with Gasteiger partial charge in [-0.3, -0.25) is 4.79 Å². The van der Waals surface area contributed by atoms with Gasteiger partial charge in [0.1, 0.15) is 23.9 Å². The molecule has 2 aromatic carbocycles. The summed E-state index contributed by atoms with van der Waals surface area (Å²) in [6.07, 6.45) is 0.778. The fraction of sp³-hybridized carbons (Fsp3) is 0.233. The molecule has 0 spiro atoms. The lowest BCUT2D eigenvalue weighted by molar-refractivity contribution is -0.150. The number of esters is 1. The lowest BCUT2D eigenvalue weighted by atomic mass is 10.2. The number of rotatable bonds is 11. The van der Waals surface area contributed by atoms with Gasteiger partial charge in [0.15, 0.2) is 11.9 Å². The van der Waals surface area contributed by atoms with E-state index in [9.17, 15) is 9.59 Å². The Bertz CT molecular complexity index is 1410. The Kier molecular flexibility index (Phi) is 8.83. The van der Waals surface area contributed by atoms with Crippen LogP contribution in [0.5, 0.6) is 11.5 Å². The summed E-state index contributed by atoms with van der Waals surface area (Å²) in [6.45, 7) is 7.98. The second-order valence-corrected chi connectivity index (χ2v) is 8.78. The molecule has 4 aromatic rings. The number of hydrazone groups is 1. The number of carbonyl (C=O) groups is 2. The smallest absolute Gasteiger partial charge is 0.347 e. The molecular weight excluding hydrogens is 498 g/mol. The van der Waals surface area contributed by atoms with Crippen molar-refractivity contribution in [2.24, 2.45) is 5.10 Å². The number of benzene rings is 2. The van der Waals surface area contributed by atoms with E-state index in [0.717, 1.165) is 22.6 Å². The van der Waals surface area contributed by atoms with Crippen LogP contribution in [0, 0.1) is 13.8 Å². The van der Waals surface area contributed by atoms with Crippen LogP contribution in [0.15, 0.2) is 82.3 Å². The molecule has 0 aliphatic heterocycles. The third-order valence-corrected chi connectivity index (χ3v) is 5.82. The summed E-state index contributed by atoms with van der Waals surface area (Å²) < 4.78 is 24.1. The van der Waals surface area contributed by atoms with Gasteiger partial charge in [-0.2, -0.15) is 5.10 Å². The number of furan rings is 1. The first-order chi connectivity index (χ1) is 18.8. The highest BCUT2D eigenvalue weighted by molar-refractivity contribution is 5.92. The minimum absolute atomic E-state index is 0.122. The molecule has 4 rings (SSSR count). The molecule has 0 saturated carbocycles. The van der Waals surface area contributed by atoms with Gasteiger partial charge in [-0.05, 0) is 106 Å². The van der Waals surface area contributed by atoms with E-state index in [4.69, 9.17) is 18.6 Å². The van der Waals surface area contributed by atoms with E-state index in [1.54, 1.807) is 50.2 Å². The van der Waals surface area contributed by atoms with Crippen molar-refractivity contribution in [1.29, 1.82) is 0 Å². The Morgan fingerprint density at radius 1 is 0.949 bits per heavy atom. The molecule has 0 radical (unpaired) electrons. The summed E-state index contributed by atoms with van der Waals surface area (Å²) in [7, 11) is 0. The zero-order chi connectivity index (χ0) is 27.8. The van der Waals surface area contributed by atoms with Crippen LogP contribution in [0.25, 0.3) is 5.69 Å². The highest BCUT2D eigenvalue weighted by Gasteiger charge is 2.15. The van der Waals surface area contributed by atoms with Crippen molar-refractivity contribution < 1.29 is 28.2 Å². The van der Waals surface area contributed by atoms with Gasteiger partial charge in [0.2, 0.25) is 0 Å². The van der Waals surface area contributed by atoms with Crippen molar-refractivity contribution in [3.63, 3.8) is 0 Å². The Labute approximate surface area is 227 Å². The molecule has 1 N–H and O–H groups in total. The van der Waals surface area contributed by atoms with Crippen LogP contribution in [0.3, 0.4) is 0 Å². The van der Waals surface area contributed by atoms with Gasteiger partial charge in [-0.15, -0.1) is 0 Å². The molecule has 1 atom stereocenters. The Morgan fingerprint density at radius 3 is 2.28 bits per heavy atom. The molecule has 9 nitrogen and oxygen atoms in total. The van der Waals surface area contributed by atoms with Crippen molar-refractivity contribution in [3.8, 4) is 17.2 Å². The third kappa shape index (κ3) is 7.16. The van der Waals surface area contributed by atoms with Crippen molar-refractivity contribution in [3.05, 3.63) is 101 Å². The van der Waals surface area contributed by atoms with E-state index >= 15 is 0 Å². The number of aryl methyl sites for hydroxylation is 2. The van der Waals surface area contributed by atoms with E-state index < -0.39 is 18.0 Å². The largest absolute Gasteiger partial charge is 0.486 e. The van der Waals surface area contributed by atoms with Crippen LogP contribution in [0.4, 0.5) is 0 Å². The molecule has 0 fully saturated rings. The van der Waals surface area contributed by atoms with Gasteiger partial charge in [-0.1, -0.05) is 0 Å². The van der Waals surface area contributed by atoms with Crippen molar-refractivity contribution in [2.75, 3.05) is 6.61 Å². The maximum absolute atomic E-state index is 12.4. The summed E-state index contributed by atoms with van der Waals surface area (Å²) in [4.78, 5) is 24.1. The molecule has 39 heavy (non-hydrogen) atoms. The lowest BCUT2D eigenvalue weighted by Gasteiger charge is -2.13. The Hall–Kier alpha value is -4.79. The molecule has 202 valence electrons. The highest BCUT2D eigenvalue weighted by atomic mass is 16.6. The monoisotopic (exact) mass is 529 g/mol. The number of amides is 1. The van der Waals surface area contributed by atoms with Gasteiger partial charge in [0.05, 0.1) is 12.8 Å². The molecule has 0 bridgehead atoms. The normalized spacial score (nSPS) is 11.8. The van der Waals surface area contributed by atoms with Crippen LogP contribution in [0.1, 0.15) is 47.1 Å². The second kappa shape index (κ2) is 12.6. The molecule has 1 amide bonds. The number of ether oxygens (including phenoxy) is 3. The van der Waals surface area contributed by atoms with Gasteiger partial charge in [0, 0.05) is 17.1 Å². The van der Waals surface area contributed by atoms with E-state index in [2.05, 4.69) is 41.1 Å². The number of nitrogens with zero attached hydrogens (tertiary/aromatic N) is 2. The van der Waals surface area contributed by atoms with Gasteiger partial charge in [-0.25, -0.2) is 10.2 Å². The van der Waals surface area contributed by atoms with Crippen LogP contribution in [0.2, 0.25) is 0 Å². The Morgan fingerprint density at radius 2 is 1.62 bits per heavy atom. The second-order valence-electron chi connectivity index (χ2n) is 8.78. The van der Waals surface area contributed by atoms with E-state index in [0.29, 0.717) is 23.9 Å². The van der Waals surface area contributed by atoms with Crippen LogP contribution in [-0.4, -0.2) is 35.4 Å². The Balaban J connectivity index is 1.25. The summed E-state index contributed by atoms with van der Waals surface area (Å²) in [5.41, 5.74) is 6.56. The third-order valence-electron chi connectivity index (χ3n) is 5.82. The quantitative estimate of drug-likeness (QED) is 0.159. The zero-order valence-corrected chi connectivity index (χ0v) is 22.3. The molecule has 0 unspecified atom stereocenters. The van der Waals surface area contributed by atoms with Crippen LogP contribution >= 0.6 is 0 Å². The standard InChI is InChI=1S/C30H31N3O6/c1-5-36-30(35)22(4)38-26-12-8-23(9-13-26)18-31-32-29(34)28-17-16-27(39-28)19-37-25-14-10-24(11-15-25)33-20(2)6-7-21(33)3/h6-18,22H,5,19H2,1-4H3,(H,32,34)/b31-18+/t22-/m0/s1. The average molecular weight is 530 g/mol. The molecule has 2 aromatic heterocycles. The van der Waals surface area contributed by atoms with Gasteiger partial charge in [0.25, 0.3) is 0 Å². The maximum atomic E-state index is 12.4. The number of aromatic nitrogens is 1. The van der Waals surface area contributed by atoms with Crippen molar-refractivity contribution in [2.45, 2.75) is 40.4 Å². The van der Waals surface area contributed by atoms with Crippen LogP contribution < -0.4 is 14.9 Å². The zero-order valence-electron chi connectivity index (χ0n) is 22.3. The minimum Gasteiger partial charge on any atom is -0.486 e. The number of carbonyl (C=O) groups excluding carboxylic acids is 2.